The average Bonchev–Trinajstić information content (AvgIpc) is 2.53. The van der Waals surface area contributed by atoms with Crippen molar-refractivity contribution in [2.24, 2.45) is 5.10 Å². The fourth-order valence-corrected chi connectivity index (χ4v) is 2.21. The highest BCUT2D eigenvalue weighted by Gasteiger charge is 2.02. The number of nitrogens with zero attached hydrogens (tertiary/aromatic N) is 3. The Hall–Kier alpha value is -2.75. The molecule has 0 unspecified atom stereocenters. The third kappa shape index (κ3) is 2.89. The zero-order valence-corrected chi connectivity index (χ0v) is 12.0. The number of aryl methyl sites for hydroxylation is 1. The van der Waals surface area contributed by atoms with Crippen molar-refractivity contribution in [3.63, 3.8) is 0 Å². The number of pyridine rings is 2. The van der Waals surface area contributed by atoms with E-state index >= 15 is 0 Å². The summed E-state index contributed by atoms with van der Waals surface area (Å²) in [5.74, 6) is 0.750. The Labute approximate surface area is 123 Å². The lowest BCUT2D eigenvalue weighted by atomic mass is 10.1. The monoisotopic (exact) mass is 276 g/mol. The van der Waals surface area contributed by atoms with Crippen LogP contribution in [-0.2, 0) is 0 Å². The van der Waals surface area contributed by atoms with Crippen LogP contribution in [-0.4, -0.2) is 15.7 Å². The highest BCUT2D eigenvalue weighted by atomic mass is 15.3. The largest absolute Gasteiger partial charge is 0.265 e. The second-order valence-corrected chi connectivity index (χ2v) is 4.89. The second-order valence-electron chi connectivity index (χ2n) is 4.89. The van der Waals surface area contributed by atoms with Gasteiger partial charge in [-0.2, -0.15) is 5.10 Å². The van der Waals surface area contributed by atoms with Gasteiger partial charge >= 0.3 is 0 Å². The topological polar surface area (TPSA) is 50.2 Å². The SMILES string of the molecule is C/C(=N\Nc1cc(C)c2ccccc2n1)c1ccncc1. The Morgan fingerprint density at radius 3 is 2.67 bits per heavy atom. The van der Waals surface area contributed by atoms with E-state index in [4.69, 9.17) is 0 Å². The van der Waals surface area contributed by atoms with Crippen LogP contribution in [0.5, 0.6) is 0 Å². The summed E-state index contributed by atoms with van der Waals surface area (Å²) in [5, 5.41) is 5.55. The van der Waals surface area contributed by atoms with Gasteiger partial charge in [0.1, 0.15) is 5.82 Å². The molecule has 2 heterocycles. The van der Waals surface area contributed by atoms with Gasteiger partial charge in [-0.05, 0) is 43.7 Å². The van der Waals surface area contributed by atoms with E-state index in [0.29, 0.717) is 0 Å². The summed E-state index contributed by atoms with van der Waals surface area (Å²) >= 11 is 0. The third-order valence-electron chi connectivity index (χ3n) is 3.36. The van der Waals surface area contributed by atoms with Crippen LogP contribution >= 0.6 is 0 Å². The number of nitrogens with one attached hydrogen (secondary N) is 1. The number of benzene rings is 1. The fraction of sp³-hybridized carbons (Fsp3) is 0.118. The van der Waals surface area contributed by atoms with E-state index in [2.05, 4.69) is 33.5 Å². The summed E-state index contributed by atoms with van der Waals surface area (Å²) in [6, 6.07) is 14.0. The van der Waals surface area contributed by atoms with Gasteiger partial charge in [0, 0.05) is 23.3 Å². The molecule has 0 aliphatic rings. The minimum atomic E-state index is 0.750. The minimum absolute atomic E-state index is 0.750. The molecule has 21 heavy (non-hydrogen) atoms. The van der Waals surface area contributed by atoms with Crippen LogP contribution in [0.4, 0.5) is 5.82 Å². The molecule has 0 aliphatic heterocycles. The lowest BCUT2D eigenvalue weighted by Gasteiger charge is -2.06. The molecule has 1 aromatic carbocycles. The first kappa shape index (κ1) is 13.2. The number of para-hydroxylation sites is 1. The predicted octanol–water partition coefficient (Wildman–Crippen LogP) is 3.77. The number of rotatable bonds is 3. The van der Waals surface area contributed by atoms with E-state index in [9.17, 15) is 0 Å². The van der Waals surface area contributed by atoms with Crippen molar-refractivity contribution in [3.8, 4) is 0 Å². The van der Waals surface area contributed by atoms with E-state index in [1.54, 1.807) is 12.4 Å². The molecule has 3 aromatic rings. The molecular weight excluding hydrogens is 260 g/mol. The van der Waals surface area contributed by atoms with Crippen molar-refractivity contribution in [3.05, 3.63) is 66.0 Å². The van der Waals surface area contributed by atoms with Gasteiger partial charge in [-0.3, -0.25) is 10.4 Å². The van der Waals surface area contributed by atoms with Crippen LogP contribution in [0.15, 0.2) is 60.0 Å². The molecule has 0 bridgehead atoms. The van der Waals surface area contributed by atoms with Gasteiger partial charge in [0.15, 0.2) is 0 Å². The van der Waals surface area contributed by atoms with Crippen molar-refractivity contribution in [1.29, 1.82) is 0 Å². The van der Waals surface area contributed by atoms with Crippen LogP contribution < -0.4 is 5.43 Å². The van der Waals surface area contributed by atoms with E-state index in [1.165, 1.54) is 5.56 Å². The molecule has 0 atom stereocenters. The van der Waals surface area contributed by atoms with Gasteiger partial charge in [0.25, 0.3) is 0 Å². The van der Waals surface area contributed by atoms with E-state index in [1.807, 2.05) is 43.3 Å². The van der Waals surface area contributed by atoms with Gasteiger partial charge in [-0.1, -0.05) is 18.2 Å². The number of fused-ring (bicyclic) bond motifs is 1. The number of hydrazone groups is 1. The first-order chi connectivity index (χ1) is 10.2. The smallest absolute Gasteiger partial charge is 0.147 e. The van der Waals surface area contributed by atoms with Crippen LogP contribution in [0.25, 0.3) is 10.9 Å². The summed E-state index contributed by atoms with van der Waals surface area (Å²) < 4.78 is 0. The molecule has 0 saturated carbocycles. The minimum Gasteiger partial charge on any atom is -0.265 e. The summed E-state index contributed by atoms with van der Waals surface area (Å²) in [5.41, 5.74) is 7.11. The van der Waals surface area contributed by atoms with Gasteiger partial charge in [0.2, 0.25) is 0 Å². The molecule has 4 heteroatoms. The quantitative estimate of drug-likeness (QED) is 0.585. The zero-order valence-electron chi connectivity index (χ0n) is 12.0. The van der Waals surface area contributed by atoms with Gasteiger partial charge in [0.05, 0.1) is 11.2 Å². The molecule has 1 N–H and O–H groups in total. The van der Waals surface area contributed by atoms with Crippen molar-refractivity contribution in [1.82, 2.24) is 9.97 Å². The van der Waals surface area contributed by atoms with Gasteiger partial charge in [-0.15, -0.1) is 0 Å². The van der Waals surface area contributed by atoms with Crippen molar-refractivity contribution < 1.29 is 0 Å². The molecule has 0 spiro atoms. The lowest BCUT2D eigenvalue weighted by molar-refractivity contribution is 1.23. The molecule has 0 fully saturated rings. The number of aromatic nitrogens is 2. The normalized spacial score (nSPS) is 11.6. The predicted molar refractivity (Wildman–Crippen MR) is 86.6 cm³/mol. The number of anilines is 1. The van der Waals surface area contributed by atoms with E-state index in [-0.39, 0.29) is 0 Å². The first-order valence-corrected chi connectivity index (χ1v) is 6.81. The Balaban J connectivity index is 1.89. The third-order valence-corrected chi connectivity index (χ3v) is 3.36. The second kappa shape index (κ2) is 5.71. The molecule has 4 nitrogen and oxygen atoms in total. The number of hydrogen-bond donors (Lipinski definition) is 1. The van der Waals surface area contributed by atoms with Crippen molar-refractivity contribution >= 4 is 22.4 Å². The Morgan fingerprint density at radius 1 is 1.10 bits per heavy atom. The Bertz CT molecular complexity index is 794. The van der Waals surface area contributed by atoms with Crippen LogP contribution in [0.3, 0.4) is 0 Å². The molecule has 0 radical (unpaired) electrons. The standard InChI is InChI=1S/C17H16N4/c1-12-11-17(19-16-6-4-3-5-15(12)16)21-20-13(2)14-7-9-18-10-8-14/h3-11H,1-2H3,(H,19,21)/b20-13+. The Morgan fingerprint density at radius 2 is 1.86 bits per heavy atom. The molecule has 104 valence electrons. The van der Waals surface area contributed by atoms with E-state index in [0.717, 1.165) is 28.0 Å². The van der Waals surface area contributed by atoms with Gasteiger partial charge in [-0.25, -0.2) is 4.98 Å². The molecule has 0 saturated heterocycles. The molecule has 0 aliphatic carbocycles. The molecule has 0 amide bonds. The van der Waals surface area contributed by atoms with Gasteiger partial charge < -0.3 is 0 Å². The first-order valence-electron chi connectivity index (χ1n) is 6.81. The van der Waals surface area contributed by atoms with Crippen LogP contribution in [0.1, 0.15) is 18.1 Å². The summed E-state index contributed by atoms with van der Waals surface area (Å²) in [7, 11) is 0. The summed E-state index contributed by atoms with van der Waals surface area (Å²) in [4.78, 5) is 8.58. The number of hydrogen-bond acceptors (Lipinski definition) is 4. The summed E-state index contributed by atoms with van der Waals surface area (Å²) in [6.07, 6.45) is 3.51. The maximum absolute atomic E-state index is 4.57. The zero-order chi connectivity index (χ0) is 14.7. The highest BCUT2D eigenvalue weighted by molar-refractivity contribution is 5.98. The fourth-order valence-electron chi connectivity index (χ4n) is 2.21. The maximum atomic E-state index is 4.57. The molecular formula is C17H16N4. The lowest BCUT2D eigenvalue weighted by Crippen LogP contribution is -2.01. The van der Waals surface area contributed by atoms with Crippen LogP contribution in [0, 0.1) is 6.92 Å². The maximum Gasteiger partial charge on any atom is 0.147 e. The summed E-state index contributed by atoms with van der Waals surface area (Å²) in [6.45, 7) is 4.03. The van der Waals surface area contributed by atoms with Crippen LogP contribution in [0.2, 0.25) is 0 Å². The van der Waals surface area contributed by atoms with Crippen molar-refractivity contribution in [2.45, 2.75) is 13.8 Å². The van der Waals surface area contributed by atoms with E-state index < -0.39 is 0 Å². The molecule has 3 rings (SSSR count). The average molecular weight is 276 g/mol. The molecule has 2 aromatic heterocycles. The van der Waals surface area contributed by atoms with Crippen molar-refractivity contribution in [2.75, 3.05) is 5.43 Å². The Kier molecular flexibility index (Phi) is 3.60. The highest BCUT2D eigenvalue weighted by Crippen LogP contribution is 2.19.